The van der Waals surface area contributed by atoms with Crippen molar-refractivity contribution in [3.63, 3.8) is 0 Å². The Balaban J connectivity index is 1.38. The number of rotatable bonds is 8. The van der Waals surface area contributed by atoms with Crippen LogP contribution in [-0.4, -0.2) is 49.4 Å². The Labute approximate surface area is 152 Å². The van der Waals surface area contributed by atoms with Gasteiger partial charge in [0, 0.05) is 18.7 Å². The Morgan fingerprint density at radius 3 is 2.88 bits per heavy atom. The van der Waals surface area contributed by atoms with Crippen molar-refractivity contribution in [2.45, 2.75) is 19.1 Å². The standard InChI is InChI=1S/C20H23NO5/c1-14(22)15-5-4-6-17(9-15)24-12-16(23)10-21-11-18-13-25-19-7-2-3-8-20(19)26-18/h2-9,16,18,21,23H,10-13H2,1H3/t16-,18+/m1/s1. The van der Waals surface area contributed by atoms with Gasteiger partial charge in [0.05, 0.1) is 0 Å². The number of carbonyl (C=O) groups is 1. The monoisotopic (exact) mass is 357 g/mol. The number of fused-ring (bicyclic) bond motifs is 1. The van der Waals surface area contributed by atoms with E-state index in [9.17, 15) is 9.90 Å². The van der Waals surface area contributed by atoms with Crippen molar-refractivity contribution in [2.75, 3.05) is 26.3 Å². The normalized spacial score (nSPS) is 16.8. The number of hydrogen-bond donors (Lipinski definition) is 2. The highest BCUT2D eigenvalue weighted by Crippen LogP contribution is 2.30. The van der Waals surface area contributed by atoms with Crippen LogP contribution in [0.1, 0.15) is 17.3 Å². The Hall–Kier alpha value is -2.57. The molecule has 1 heterocycles. The number of Topliss-reactive ketones (excluding diaryl/α,β-unsaturated/α-hetero) is 1. The minimum atomic E-state index is -0.673. The summed E-state index contributed by atoms with van der Waals surface area (Å²) in [6, 6.07) is 14.5. The van der Waals surface area contributed by atoms with Gasteiger partial charge in [-0.25, -0.2) is 0 Å². The van der Waals surface area contributed by atoms with Gasteiger partial charge in [-0.1, -0.05) is 24.3 Å². The van der Waals surface area contributed by atoms with Gasteiger partial charge in [0.1, 0.15) is 31.2 Å². The molecule has 0 saturated heterocycles. The Bertz CT molecular complexity index is 748. The van der Waals surface area contributed by atoms with Crippen molar-refractivity contribution in [3.05, 3.63) is 54.1 Å². The van der Waals surface area contributed by atoms with Gasteiger partial charge in [-0.2, -0.15) is 0 Å². The van der Waals surface area contributed by atoms with E-state index in [4.69, 9.17) is 14.2 Å². The van der Waals surface area contributed by atoms with Crippen LogP contribution >= 0.6 is 0 Å². The third kappa shape index (κ3) is 4.97. The first-order chi connectivity index (χ1) is 12.6. The number of ether oxygens (including phenoxy) is 3. The van der Waals surface area contributed by atoms with Gasteiger partial charge in [-0.15, -0.1) is 0 Å². The smallest absolute Gasteiger partial charge is 0.161 e. The molecular formula is C20H23NO5. The molecule has 6 heteroatoms. The molecule has 0 aromatic heterocycles. The quantitative estimate of drug-likeness (QED) is 0.704. The first-order valence-corrected chi connectivity index (χ1v) is 8.63. The molecule has 0 radical (unpaired) electrons. The molecule has 1 aliphatic heterocycles. The topological polar surface area (TPSA) is 77.0 Å². The highest BCUT2D eigenvalue weighted by Gasteiger charge is 2.20. The molecule has 0 unspecified atom stereocenters. The predicted octanol–water partition coefficient (Wildman–Crippen LogP) is 2.06. The molecule has 0 fully saturated rings. The van der Waals surface area contributed by atoms with E-state index in [1.54, 1.807) is 24.3 Å². The van der Waals surface area contributed by atoms with Crippen LogP contribution in [0.3, 0.4) is 0 Å². The zero-order chi connectivity index (χ0) is 18.4. The zero-order valence-electron chi connectivity index (χ0n) is 14.7. The van der Waals surface area contributed by atoms with Crippen LogP contribution in [0.25, 0.3) is 0 Å². The van der Waals surface area contributed by atoms with E-state index >= 15 is 0 Å². The number of benzene rings is 2. The Morgan fingerprint density at radius 2 is 2.08 bits per heavy atom. The molecule has 2 N–H and O–H groups in total. The van der Waals surface area contributed by atoms with Gasteiger partial charge in [0.25, 0.3) is 0 Å². The molecule has 0 spiro atoms. The van der Waals surface area contributed by atoms with E-state index in [2.05, 4.69) is 5.32 Å². The Morgan fingerprint density at radius 1 is 1.27 bits per heavy atom. The van der Waals surface area contributed by atoms with Crippen LogP contribution in [0.2, 0.25) is 0 Å². The second-order valence-corrected chi connectivity index (χ2v) is 6.20. The molecule has 26 heavy (non-hydrogen) atoms. The van der Waals surface area contributed by atoms with Gasteiger partial charge in [-0.05, 0) is 31.2 Å². The molecule has 0 amide bonds. The maximum Gasteiger partial charge on any atom is 0.161 e. The number of nitrogens with one attached hydrogen (secondary N) is 1. The minimum Gasteiger partial charge on any atom is -0.491 e. The largest absolute Gasteiger partial charge is 0.491 e. The molecule has 138 valence electrons. The van der Waals surface area contributed by atoms with Crippen LogP contribution in [0, 0.1) is 0 Å². The van der Waals surface area contributed by atoms with Crippen LogP contribution in [0.4, 0.5) is 0 Å². The summed E-state index contributed by atoms with van der Waals surface area (Å²) in [5, 5.41) is 13.2. The maximum absolute atomic E-state index is 11.4. The summed E-state index contributed by atoms with van der Waals surface area (Å²) in [5.41, 5.74) is 0.588. The fourth-order valence-electron chi connectivity index (χ4n) is 2.63. The molecule has 2 atom stereocenters. The average Bonchev–Trinajstić information content (AvgIpc) is 2.66. The summed E-state index contributed by atoms with van der Waals surface area (Å²) >= 11 is 0. The summed E-state index contributed by atoms with van der Waals surface area (Å²) in [6.45, 7) is 3.04. The van der Waals surface area contributed by atoms with Gasteiger partial charge in [-0.3, -0.25) is 4.79 Å². The lowest BCUT2D eigenvalue weighted by Crippen LogP contribution is -2.41. The molecule has 0 bridgehead atoms. The average molecular weight is 357 g/mol. The fraction of sp³-hybridized carbons (Fsp3) is 0.350. The van der Waals surface area contributed by atoms with Crippen LogP contribution in [-0.2, 0) is 0 Å². The molecule has 2 aromatic rings. The van der Waals surface area contributed by atoms with Crippen molar-refractivity contribution in [3.8, 4) is 17.2 Å². The van der Waals surface area contributed by atoms with Gasteiger partial charge in [0.15, 0.2) is 17.3 Å². The lowest BCUT2D eigenvalue weighted by atomic mass is 10.1. The van der Waals surface area contributed by atoms with Crippen LogP contribution < -0.4 is 19.5 Å². The number of para-hydroxylation sites is 2. The van der Waals surface area contributed by atoms with Crippen molar-refractivity contribution in [1.82, 2.24) is 5.32 Å². The predicted molar refractivity (Wildman–Crippen MR) is 97.2 cm³/mol. The van der Waals surface area contributed by atoms with Crippen molar-refractivity contribution >= 4 is 5.78 Å². The lowest BCUT2D eigenvalue weighted by molar-refractivity contribution is 0.0778. The van der Waals surface area contributed by atoms with Crippen molar-refractivity contribution in [2.24, 2.45) is 0 Å². The van der Waals surface area contributed by atoms with E-state index in [-0.39, 0.29) is 18.5 Å². The minimum absolute atomic E-state index is 0.0195. The van der Waals surface area contributed by atoms with Crippen LogP contribution in [0.15, 0.2) is 48.5 Å². The summed E-state index contributed by atoms with van der Waals surface area (Å²) in [5.74, 6) is 2.04. The number of aliphatic hydroxyl groups is 1. The van der Waals surface area contributed by atoms with E-state index in [0.29, 0.717) is 31.0 Å². The highest BCUT2D eigenvalue weighted by molar-refractivity contribution is 5.94. The molecule has 3 rings (SSSR count). The number of aliphatic hydroxyl groups excluding tert-OH is 1. The maximum atomic E-state index is 11.4. The summed E-state index contributed by atoms with van der Waals surface area (Å²) in [7, 11) is 0. The number of carbonyl (C=O) groups excluding carboxylic acids is 1. The number of ketones is 1. The van der Waals surface area contributed by atoms with Gasteiger partial charge >= 0.3 is 0 Å². The molecular weight excluding hydrogens is 334 g/mol. The first-order valence-electron chi connectivity index (χ1n) is 8.63. The van der Waals surface area contributed by atoms with E-state index in [1.807, 2.05) is 24.3 Å². The second kappa shape index (κ2) is 8.69. The summed E-state index contributed by atoms with van der Waals surface area (Å²) in [4.78, 5) is 11.4. The zero-order valence-corrected chi connectivity index (χ0v) is 14.7. The summed E-state index contributed by atoms with van der Waals surface area (Å²) in [6.07, 6.45) is -0.780. The number of hydrogen-bond acceptors (Lipinski definition) is 6. The van der Waals surface area contributed by atoms with Crippen molar-refractivity contribution in [1.29, 1.82) is 0 Å². The lowest BCUT2D eigenvalue weighted by Gasteiger charge is -2.27. The molecule has 0 aliphatic carbocycles. The SMILES string of the molecule is CC(=O)c1cccc(OC[C@H](O)CNC[C@H]2COc3ccccc3O2)c1. The van der Waals surface area contributed by atoms with Gasteiger partial charge in [0.2, 0.25) is 0 Å². The highest BCUT2D eigenvalue weighted by atomic mass is 16.6. The molecule has 6 nitrogen and oxygen atoms in total. The Kier molecular flexibility index (Phi) is 6.09. The van der Waals surface area contributed by atoms with E-state index in [1.165, 1.54) is 6.92 Å². The fourth-order valence-corrected chi connectivity index (χ4v) is 2.63. The first kappa shape index (κ1) is 18.2. The molecule has 1 aliphatic rings. The second-order valence-electron chi connectivity index (χ2n) is 6.20. The van der Waals surface area contributed by atoms with E-state index < -0.39 is 6.10 Å². The third-order valence-electron chi connectivity index (χ3n) is 4.00. The van der Waals surface area contributed by atoms with E-state index in [0.717, 1.165) is 11.5 Å². The third-order valence-corrected chi connectivity index (χ3v) is 4.00. The molecule has 2 aromatic carbocycles. The van der Waals surface area contributed by atoms with Gasteiger partial charge < -0.3 is 24.6 Å². The summed E-state index contributed by atoms with van der Waals surface area (Å²) < 4.78 is 17.0. The molecule has 0 saturated carbocycles. The van der Waals surface area contributed by atoms with Crippen molar-refractivity contribution < 1.29 is 24.1 Å². The van der Waals surface area contributed by atoms with Crippen LogP contribution in [0.5, 0.6) is 17.2 Å².